The highest BCUT2D eigenvalue weighted by molar-refractivity contribution is 5.76. The van der Waals surface area contributed by atoms with Gasteiger partial charge in [0.2, 0.25) is 0 Å². The Hall–Kier alpha value is -0.900. The van der Waals surface area contributed by atoms with Crippen LogP contribution in [-0.2, 0) is 14.3 Å². The topological polar surface area (TPSA) is 46.6 Å². The molecule has 0 bridgehead atoms. The molecule has 0 aromatic heterocycles. The molecule has 84 valence electrons. The third-order valence-electron chi connectivity index (χ3n) is 3.66. The zero-order valence-electron chi connectivity index (χ0n) is 9.02. The predicted octanol–water partition coefficient (Wildman–Crippen LogP) is 0.601. The fourth-order valence-electron chi connectivity index (χ4n) is 2.92. The van der Waals surface area contributed by atoms with Crippen LogP contribution in [0.5, 0.6) is 0 Å². The van der Waals surface area contributed by atoms with E-state index in [1.165, 1.54) is 7.11 Å². The summed E-state index contributed by atoms with van der Waals surface area (Å²) in [4.78, 5) is 24.6. The lowest BCUT2D eigenvalue weighted by Gasteiger charge is -2.39. The maximum atomic E-state index is 11.6. The maximum Gasteiger partial charge on any atom is 0.323 e. The van der Waals surface area contributed by atoms with E-state index in [4.69, 9.17) is 4.74 Å². The van der Waals surface area contributed by atoms with Gasteiger partial charge in [0.05, 0.1) is 7.11 Å². The largest absolute Gasteiger partial charge is 0.468 e. The third kappa shape index (κ3) is 1.78. The number of rotatable bonds is 2. The zero-order chi connectivity index (χ0) is 10.8. The molecular weight excluding hydrogens is 194 g/mol. The van der Waals surface area contributed by atoms with E-state index in [1.807, 2.05) is 0 Å². The Kier molecular flexibility index (Phi) is 3.05. The van der Waals surface area contributed by atoms with Crippen molar-refractivity contribution in [3.63, 3.8) is 0 Å². The van der Waals surface area contributed by atoms with Gasteiger partial charge in [-0.05, 0) is 32.2 Å². The number of carbonyl (C=O) groups excluding carboxylic acids is 2. The first kappa shape index (κ1) is 10.6. The predicted molar refractivity (Wildman–Crippen MR) is 54.3 cm³/mol. The molecule has 4 nitrogen and oxygen atoms in total. The monoisotopic (exact) mass is 211 g/mol. The lowest BCUT2D eigenvalue weighted by Crippen LogP contribution is -2.51. The number of hydrogen-bond donors (Lipinski definition) is 0. The first-order valence-corrected chi connectivity index (χ1v) is 5.56. The third-order valence-corrected chi connectivity index (χ3v) is 3.66. The molecule has 2 fully saturated rings. The van der Waals surface area contributed by atoms with Crippen molar-refractivity contribution in [1.29, 1.82) is 0 Å². The molecule has 2 rings (SSSR count). The Bertz CT molecular complexity index is 267. The van der Waals surface area contributed by atoms with Crippen LogP contribution in [0.1, 0.15) is 25.7 Å². The van der Waals surface area contributed by atoms with Crippen LogP contribution >= 0.6 is 0 Å². The Morgan fingerprint density at radius 3 is 2.87 bits per heavy atom. The van der Waals surface area contributed by atoms with Crippen LogP contribution in [0.2, 0.25) is 0 Å². The lowest BCUT2D eigenvalue weighted by atomic mass is 9.87. The van der Waals surface area contributed by atoms with Gasteiger partial charge in [0, 0.05) is 12.0 Å². The summed E-state index contributed by atoms with van der Waals surface area (Å²) in [6.07, 6.45) is 4.76. The van der Waals surface area contributed by atoms with Crippen molar-refractivity contribution < 1.29 is 14.3 Å². The van der Waals surface area contributed by atoms with Crippen molar-refractivity contribution in [2.24, 2.45) is 5.92 Å². The highest BCUT2D eigenvalue weighted by atomic mass is 16.5. The number of carbonyl (C=O) groups is 2. The second-order valence-electron chi connectivity index (χ2n) is 4.36. The Morgan fingerprint density at radius 2 is 2.20 bits per heavy atom. The van der Waals surface area contributed by atoms with Crippen LogP contribution < -0.4 is 0 Å². The molecule has 15 heavy (non-hydrogen) atoms. The zero-order valence-corrected chi connectivity index (χ0v) is 9.02. The minimum Gasteiger partial charge on any atom is -0.468 e. The van der Waals surface area contributed by atoms with Crippen molar-refractivity contribution in [2.75, 3.05) is 13.7 Å². The number of piperidine rings is 1. The van der Waals surface area contributed by atoms with Crippen molar-refractivity contribution in [1.82, 2.24) is 4.90 Å². The number of fused-ring (bicyclic) bond motifs is 1. The fourth-order valence-corrected chi connectivity index (χ4v) is 2.92. The molecule has 0 saturated carbocycles. The smallest absolute Gasteiger partial charge is 0.323 e. The van der Waals surface area contributed by atoms with Gasteiger partial charge in [0.25, 0.3) is 0 Å². The molecule has 3 atom stereocenters. The SMILES string of the molecule is COC(=O)[C@@H]1CC[C@@H](C=O)[C@@H]2CCCN12. The molecule has 0 amide bonds. The minimum atomic E-state index is -0.147. The normalized spacial score (nSPS) is 35.9. The van der Waals surface area contributed by atoms with Crippen molar-refractivity contribution in [2.45, 2.75) is 37.8 Å². The van der Waals surface area contributed by atoms with E-state index in [0.717, 1.165) is 38.5 Å². The van der Waals surface area contributed by atoms with E-state index in [9.17, 15) is 9.59 Å². The Morgan fingerprint density at radius 1 is 1.40 bits per heavy atom. The summed E-state index contributed by atoms with van der Waals surface area (Å²) in [5.74, 6) is -0.0281. The molecule has 0 aromatic rings. The number of esters is 1. The molecule has 2 aliphatic rings. The van der Waals surface area contributed by atoms with Crippen LogP contribution in [0.3, 0.4) is 0 Å². The second-order valence-corrected chi connectivity index (χ2v) is 4.36. The number of nitrogens with zero attached hydrogens (tertiary/aromatic N) is 1. The standard InChI is InChI=1S/C11H17NO3/c1-15-11(14)10-5-4-8(7-13)9-3-2-6-12(9)10/h7-10H,2-6H2,1H3/t8-,9-,10-/m0/s1. The van der Waals surface area contributed by atoms with Crippen LogP contribution in [0, 0.1) is 5.92 Å². The number of hydrogen-bond acceptors (Lipinski definition) is 4. The summed E-state index contributed by atoms with van der Waals surface area (Å²) in [6.45, 7) is 0.925. The molecule has 2 saturated heterocycles. The number of methoxy groups -OCH3 is 1. The average molecular weight is 211 g/mol. The van der Waals surface area contributed by atoms with Gasteiger partial charge in [-0.1, -0.05) is 0 Å². The van der Waals surface area contributed by atoms with E-state index in [-0.39, 0.29) is 24.0 Å². The number of aldehydes is 1. The Balaban J connectivity index is 2.12. The van der Waals surface area contributed by atoms with Gasteiger partial charge in [-0.15, -0.1) is 0 Å². The van der Waals surface area contributed by atoms with Gasteiger partial charge in [-0.2, -0.15) is 0 Å². The quantitative estimate of drug-likeness (QED) is 0.495. The summed E-state index contributed by atoms with van der Waals surface area (Å²) in [5, 5.41) is 0. The molecule has 0 spiro atoms. The summed E-state index contributed by atoms with van der Waals surface area (Å²) < 4.78 is 4.80. The van der Waals surface area contributed by atoms with Gasteiger partial charge in [-0.25, -0.2) is 0 Å². The Labute approximate surface area is 89.6 Å². The lowest BCUT2D eigenvalue weighted by molar-refractivity contribution is -0.150. The van der Waals surface area contributed by atoms with Gasteiger partial charge < -0.3 is 9.53 Å². The highest BCUT2D eigenvalue weighted by Crippen LogP contribution is 2.34. The van der Waals surface area contributed by atoms with Crippen LogP contribution in [0.15, 0.2) is 0 Å². The minimum absolute atomic E-state index is 0.112. The summed E-state index contributed by atoms with van der Waals surface area (Å²) >= 11 is 0. The van der Waals surface area contributed by atoms with Crippen LogP contribution in [-0.4, -0.2) is 42.9 Å². The van der Waals surface area contributed by atoms with E-state index < -0.39 is 0 Å². The van der Waals surface area contributed by atoms with Gasteiger partial charge in [-0.3, -0.25) is 9.69 Å². The van der Waals surface area contributed by atoms with Gasteiger partial charge >= 0.3 is 5.97 Å². The molecule has 0 unspecified atom stereocenters. The molecule has 2 heterocycles. The summed E-state index contributed by atoms with van der Waals surface area (Å²) in [5.41, 5.74) is 0. The van der Waals surface area contributed by atoms with E-state index in [0.29, 0.717) is 0 Å². The average Bonchev–Trinajstić information content (AvgIpc) is 2.75. The molecule has 4 heteroatoms. The fraction of sp³-hybridized carbons (Fsp3) is 0.818. The molecular formula is C11H17NO3. The molecule has 0 aromatic carbocycles. The van der Waals surface area contributed by atoms with Crippen molar-refractivity contribution in [3.05, 3.63) is 0 Å². The molecule has 0 radical (unpaired) electrons. The second kappa shape index (κ2) is 4.31. The van der Waals surface area contributed by atoms with E-state index >= 15 is 0 Å². The number of ether oxygens (including phenoxy) is 1. The first-order chi connectivity index (χ1) is 7.27. The van der Waals surface area contributed by atoms with E-state index in [1.54, 1.807) is 0 Å². The van der Waals surface area contributed by atoms with Crippen molar-refractivity contribution in [3.8, 4) is 0 Å². The van der Waals surface area contributed by atoms with Crippen LogP contribution in [0.4, 0.5) is 0 Å². The summed E-state index contributed by atoms with van der Waals surface area (Å²) in [6, 6.07) is 0.166. The van der Waals surface area contributed by atoms with Gasteiger partial charge in [0.1, 0.15) is 12.3 Å². The molecule has 0 N–H and O–H groups in total. The van der Waals surface area contributed by atoms with Crippen molar-refractivity contribution >= 4 is 12.3 Å². The van der Waals surface area contributed by atoms with Crippen LogP contribution in [0.25, 0.3) is 0 Å². The maximum absolute atomic E-state index is 11.6. The highest BCUT2D eigenvalue weighted by Gasteiger charge is 2.42. The van der Waals surface area contributed by atoms with E-state index in [2.05, 4.69) is 4.90 Å². The summed E-state index contributed by atoms with van der Waals surface area (Å²) in [7, 11) is 1.43. The molecule has 0 aliphatic carbocycles. The molecule has 2 aliphatic heterocycles. The first-order valence-electron chi connectivity index (χ1n) is 5.56. The van der Waals surface area contributed by atoms with Gasteiger partial charge in [0.15, 0.2) is 0 Å².